The summed E-state index contributed by atoms with van der Waals surface area (Å²) in [5, 5.41) is 2.67. The van der Waals surface area contributed by atoms with Crippen LogP contribution in [0, 0.1) is 12.7 Å². The summed E-state index contributed by atoms with van der Waals surface area (Å²) in [6.45, 7) is 1.89. The van der Waals surface area contributed by atoms with E-state index in [-0.39, 0.29) is 35.9 Å². The van der Waals surface area contributed by atoms with Gasteiger partial charge in [-0.2, -0.15) is 0 Å². The lowest BCUT2D eigenvalue weighted by Gasteiger charge is -2.34. The molecule has 1 aliphatic heterocycles. The quantitative estimate of drug-likeness (QED) is 0.262. The zero-order valence-corrected chi connectivity index (χ0v) is 25.8. The van der Waals surface area contributed by atoms with Crippen molar-refractivity contribution in [1.29, 1.82) is 0 Å². The maximum atomic E-state index is 14.4. The largest absolute Gasteiger partial charge is 0.486 e. The molecule has 0 unspecified atom stereocenters. The minimum absolute atomic E-state index is 0.0533. The van der Waals surface area contributed by atoms with E-state index >= 15 is 0 Å². The zero-order chi connectivity index (χ0) is 32.0. The van der Waals surface area contributed by atoms with Gasteiger partial charge in [0.25, 0.3) is 10.0 Å². The molecule has 0 fully saturated rings. The number of rotatable bonds is 11. The van der Waals surface area contributed by atoms with Crippen molar-refractivity contribution in [1.82, 2.24) is 10.2 Å². The number of benzene rings is 4. The number of nitrogens with one attached hydrogen (secondary N) is 1. The number of amides is 2. The number of nitrogens with zero attached hydrogens (tertiary/aromatic N) is 2. The van der Waals surface area contributed by atoms with Gasteiger partial charge in [-0.3, -0.25) is 13.9 Å². The van der Waals surface area contributed by atoms with Crippen LogP contribution < -0.4 is 19.1 Å². The highest BCUT2D eigenvalue weighted by Crippen LogP contribution is 2.34. The molecule has 0 aliphatic carbocycles. The SMILES string of the molecule is CNC(=O)[C@H](Cc1ccccc1)N(Cc1ccccc1C)C(=O)CN(c1ccc(F)cc1)S(=O)(=O)c1ccc2c(c1)OCCO2. The summed E-state index contributed by atoms with van der Waals surface area (Å²) in [5.41, 5.74) is 2.61. The van der Waals surface area contributed by atoms with Gasteiger partial charge in [0.1, 0.15) is 31.6 Å². The van der Waals surface area contributed by atoms with Crippen LogP contribution in [-0.2, 0) is 32.6 Å². The maximum Gasteiger partial charge on any atom is 0.264 e. The predicted octanol–water partition coefficient (Wildman–Crippen LogP) is 4.49. The Hall–Kier alpha value is -4.90. The van der Waals surface area contributed by atoms with E-state index < -0.39 is 40.2 Å². The number of aryl methyl sites for hydroxylation is 1. The normalized spacial score (nSPS) is 13.0. The highest BCUT2D eigenvalue weighted by molar-refractivity contribution is 7.92. The van der Waals surface area contributed by atoms with Crippen LogP contribution in [0.5, 0.6) is 11.5 Å². The van der Waals surface area contributed by atoms with Crippen molar-refractivity contribution in [2.45, 2.75) is 30.8 Å². The van der Waals surface area contributed by atoms with E-state index in [1.807, 2.05) is 61.5 Å². The molecule has 4 aromatic rings. The van der Waals surface area contributed by atoms with Crippen LogP contribution in [0.2, 0.25) is 0 Å². The molecular weight excluding hydrogens is 597 g/mol. The number of halogens is 1. The fourth-order valence-corrected chi connectivity index (χ4v) is 6.57. The van der Waals surface area contributed by atoms with Crippen molar-refractivity contribution in [2.24, 2.45) is 0 Å². The Morgan fingerprint density at radius 1 is 0.889 bits per heavy atom. The summed E-state index contributed by atoms with van der Waals surface area (Å²) in [6.07, 6.45) is 0.198. The van der Waals surface area contributed by atoms with Crippen molar-refractivity contribution < 1.29 is 31.9 Å². The van der Waals surface area contributed by atoms with Gasteiger partial charge < -0.3 is 19.7 Å². The van der Waals surface area contributed by atoms with E-state index in [2.05, 4.69) is 5.32 Å². The Labute approximate surface area is 262 Å². The molecule has 4 aromatic carbocycles. The number of anilines is 1. The van der Waals surface area contributed by atoms with Crippen LogP contribution >= 0.6 is 0 Å². The minimum atomic E-state index is -4.39. The Balaban J connectivity index is 1.57. The van der Waals surface area contributed by atoms with E-state index in [0.717, 1.165) is 33.1 Å². The molecule has 1 N–H and O–H groups in total. The fourth-order valence-electron chi connectivity index (χ4n) is 5.14. The average Bonchev–Trinajstić information content (AvgIpc) is 3.06. The van der Waals surface area contributed by atoms with E-state index in [1.165, 1.54) is 42.3 Å². The number of carbonyl (C=O) groups is 2. The molecule has 1 heterocycles. The second kappa shape index (κ2) is 13.8. The molecule has 0 bridgehead atoms. The van der Waals surface area contributed by atoms with Gasteiger partial charge in [-0.25, -0.2) is 12.8 Å². The van der Waals surface area contributed by atoms with Crippen LogP contribution in [0.3, 0.4) is 0 Å². The molecule has 2 amide bonds. The highest BCUT2D eigenvalue weighted by atomic mass is 32.2. The molecule has 234 valence electrons. The summed E-state index contributed by atoms with van der Waals surface area (Å²) in [7, 11) is -2.90. The third-order valence-corrected chi connectivity index (χ3v) is 9.38. The molecule has 0 saturated carbocycles. The van der Waals surface area contributed by atoms with Crippen LogP contribution in [-0.4, -0.2) is 58.0 Å². The standard InChI is InChI=1S/C34H34FN3O6S/c1-24-8-6-7-11-26(24)22-37(30(34(40)36-2)20-25-9-4-3-5-10-25)33(39)23-38(28-14-12-27(35)13-15-28)45(41,42)29-16-17-31-32(21-29)44-19-18-43-31/h3-17,21,30H,18-20,22-23H2,1-2H3,(H,36,40)/t30-/m0/s1. The van der Waals surface area contributed by atoms with Crippen LogP contribution in [0.1, 0.15) is 16.7 Å². The predicted molar refractivity (Wildman–Crippen MR) is 168 cm³/mol. The fraction of sp³-hybridized carbons (Fsp3) is 0.235. The molecular formula is C34H34FN3O6S. The monoisotopic (exact) mass is 631 g/mol. The van der Waals surface area contributed by atoms with Gasteiger partial charge in [0.15, 0.2) is 11.5 Å². The van der Waals surface area contributed by atoms with Crippen LogP contribution in [0.4, 0.5) is 10.1 Å². The van der Waals surface area contributed by atoms with Crippen molar-refractivity contribution in [3.8, 4) is 11.5 Å². The first-order chi connectivity index (χ1) is 21.7. The van der Waals surface area contributed by atoms with Gasteiger partial charge in [-0.1, -0.05) is 54.6 Å². The summed E-state index contributed by atoms with van der Waals surface area (Å²) < 4.78 is 54.5. The van der Waals surface area contributed by atoms with E-state index in [9.17, 15) is 22.4 Å². The van der Waals surface area contributed by atoms with Gasteiger partial charge in [-0.15, -0.1) is 0 Å². The van der Waals surface area contributed by atoms with Gasteiger partial charge in [0, 0.05) is 26.1 Å². The Kier molecular flexibility index (Phi) is 9.68. The topological polar surface area (TPSA) is 105 Å². The molecule has 9 nitrogen and oxygen atoms in total. The van der Waals surface area contributed by atoms with Crippen LogP contribution in [0.15, 0.2) is 102 Å². The number of fused-ring (bicyclic) bond motifs is 1. The Bertz CT molecular complexity index is 1770. The first-order valence-electron chi connectivity index (χ1n) is 14.4. The van der Waals surface area contributed by atoms with Crippen molar-refractivity contribution in [2.75, 3.05) is 31.1 Å². The molecule has 0 spiro atoms. The first kappa shape index (κ1) is 31.5. The lowest BCUT2D eigenvalue weighted by Crippen LogP contribution is -2.53. The first-order valence-corrected chi connectivity index (χ1v) is 15.9. The number of hydrogen-bond acceptors (Lipinski definition) is 6. The lowest BCUT2D eigenvalue weighted by atomic mass is 10.0. The molecule has 45 heavy (non-hydrogen) atoms. The zero-order valence-electron chi connectivity index (χ0n) is 25.0. The summed E-state index contributed by atoms with van der Waals surface area (Å²) in [4.78, 5) is 29.0. The third kappa shape index (κ3) is 7.26. The summed E-state index contributed by atoms with van der Waals surface area (Å²) in [6, 6.07) is 24.9. The van der Waals surface area contributed by atoms with E-state index in [1.54, 1.807) is 0 Å². The Morgan fingerprint density at radius 3 is 2.24 bits per heavy atom. The number of carbonyl (C=O) groups excluding carboxylic acids is 2. The molecule has 1 atom stereocenters. The smallest absolute Gasteiger partial charge is 0.264 e. The summed E-state index contributed by atoms with van der Waals surface area (Å²) >= 11 is 0. The third-order valence-electron chi connectivity index (χ3n) is 7.61. The number of sulfonamides is 1. The molecule has 0 aromatic heterocycles. The van der Waals surface area contributed by atoms with Gasteiger partial charge in [0.05, 0.1) is 10.6 Å². The van der Waals surface area contributed by atoms with Gasteiger partial charge in [0.2, 0.25) is 11.8 Å². The highest BCUT2D eigenvalue weighted by Gasteiger charge is 2.35. The van der Waals surface area contributed by atoms with Gasteiger partial charge >= 0.3 is 0 Å². The van der Waals surface area contributed by atoms with Crippen molar-refractivity contribution >= 4 is 27.5 Å². The van der Waals surface area contributed by atoms with Crippen molar-refractivity contribution in [3.63, 3.8) is 0 Å². The van der Waals surface area contributed by atoms with Crippen LogP contribution in [0.25, 0.3) is 0 Å². The molecule has 5 rings (SSSR count). The number of likely N-dealkylation sites (N-methyl/N-ethyl adjacent to an activating group) is 1. The molecule has 0 radical (unpaired) electrons. The van der Waals surface area contributed by atoms with E-state index in [4.69, 9.17) is 9.47 Å². The molecule has 1 aliphatic rings. The second-order valence-corrected chi connectivity index (χ2v) is 12.4. The summed E-state index contributed by atoms with van der Waals surface area (Å²) in [5.74, 6) is -0.915. The average molecular weight is 632 g/mol. The lowest BCUT2D eigenvalue weighted by molar-refractivity contribution is -0.139. The Morgan fingerprint density at radius 2 is 1.56 bits per heavy atom. The van der Waals surface area contributed by atoms with Crippen molar-refractivity contribution in [3.05, 3.63) is 120 Å². The minimum Gasteiger partial charge on any atom is -0.486 e. The molecule has 11 heteroatoms. The molecule has 0 saturated heterocycles. The maximum absolute atomic E-state index is 14.4. The number of ether oxygens (including phenoxy) is 2. The number of hydrogen-bond donors (Lipinski definition) is 1. The van der Waals surface area contributed by atoms with E-state index in [0.29, 0.717) is 12.4 Å². The second-order valence-electron chi connectivity index (χ2n) is 10.6. The van der Waals surface area contributed by atoms with Gasteiger partial charge in [-0.05, 0) is 60.0 Å².